The van der Waals surface area contributed by atoms with E-state index in [4.69, 9.17) is 0 Å². The van der Waals surface area contributed by atoms with Gasteiger partial charge in [0, 0.05) is 31.0 Å². The van der Waals surface area contributed by atoms with Crippen LogP contribution in [0.5, 0.6) is 0 Å². The van der Waals surface area contributed by atoms with Crippen molar-refractivity contribution in [2.75, 3.05) is 6.54 Å². The van der Waals surface area contributed by atoms with Crippen molar-refractivity contribution in [1.29, 1.82) is 0 Å². The van der Waals surface area contributed by atoms with Crippen LogP contribution in [0.25, 0.3) is 0 Å². The molecule has 3 heteroatoms. The third-order valence-corrected chi connectivity index (χ3v) is 5.97. The number of rotatable bonds is 0. The Kier molecular flexibility index (Phi) is 2.29. The average Bonchev–Trinajstić information content (AvgIpc) is 2.98. The minimum atomic E-state index is -0.586. The van der Waals surface area contributed by atoms with Gasteiger partial charge < -0.3 is 10.0 Å². The smallest absolute Gasteiger partial charge is 0.223 e. The van der Waals surface area contributed by atoms with Gasteiger partial charge in [0.15, 0.2) is 0 Å². The molecule has 4 aliphatic rings. The minimum absolute atomic E-state index is 0.0409. The first-order chi connectivity index (χ1) is 9.12. The van der Waals surface area contributed by atoms with Gasteiger partial charge in [0.1, 0.15) is 0 Å². The van der Waals surface area contributed by atoms with E-state index in [9.17, 15) is 9.90 Å². The van der Waals surface area contributed by atoms with Gasteiger partial charge >= 0.3 is 0 Å². The van der Waals surface area contributed by atoms with Gasteiger partial charge in [0.05, 0.1) is 5.60 Å². The van der Waals surface area contributed by atoms with Crippen LogP contribution in [0.3, 0.4) is 0 Å². The molecule has 5 atom stereocenters. The van der Waals surface area contributed by atoms with Gasteiger partial charge in [0.25, 0.3) is 0 Å². The van der Waals surface area contributed by atoms with Crippen molar-refractivity contribution in [1.82, 2.24) is 4.90 Å². The van der Waals surface area contributed by atoms with E-state index in [1.165, 1.54) is 6.42 Å². The topological polar surface area (TPSA) is 40.5 Å². The Morgan fingerprint density at radius 3 is 3.11 bits per heavy atom. The predicted molar refractivity (Wildman–Crippen MR) is 72.0 cm³/mol. The van der Waals surface area contributed by atoms with Crippen molar-refractivity contribution >= 4 is 5.91 Å². The van der Waals surface area contributed by atoms with E-state index in [0.29, 0.717) is 11.8 Å². The van der Waals surface area contributed by atoms with Gasteiger partial charge in [-0.15, -0.1) is 0 Å². The van der Waals surface area contributed by atoms with Crippen molar-refractivity contribution in [3.05, 3.63) is 23.9 Å². The molecule has 0 radical (unpaired) electrons. The summed E-state index contributed by atoms with van der Waals surface area (Å²) in [4.78, 5) is 13.9. The van der Waals surface area contributed by atoms with Gasteiger partial charge in [-0.1, -0.05) is 18.2 Å². The Labute approximate surface area is 114 Å². The maximum Gasteiger partial charge on any atom is 0.223 e. The second-order valence-corrected chi connectivity index (χ2v) is 6.66. The molecule has 5 unspecified atom stereocenters. The quantitative estimate of drug-likeness (QED) is 0.677. The Bertz CT molecular complexity index is 495. The first-order valence-electron chi connectivity index (χ1n) is 7.49. The first-order valence-corrected chi connectivity index (χ1v) is 7.49. The molecule has 3 nitrogen and oxygen atoms in total. The van der Waals surface area contributed by atoms with Crippen LogP contribution in [-0.4, -0.2) is 28.1 Å². The van der Waals surface area contributed by atoms with Crippen LogP contribution in [0.15, 0.2) is 23.9 Å². The second kappa shape index (κ2) is 3.72. The largest absolute Gasteiger partial charge is 0.388 e. The number of nitrogens with zero attached hydrogens (tertiary/aromatic N) is 1. The van der Waals surface area contributed by atoms with E-state index in [1.54, 1.807) is 6.92 Å². The number of amides is 1. The third-order valence-electron chi connectivity index (χ3n) is 5.97. The lowest BCUT2D eigenvalue weighted by Gasteiger charge is -2.53. The fourth-order valence-corrected chi connectivity index (χ4v) is 5.17. The number of fused-ring (bicyclic) bond motifs is 7. The molecule has 0 aromatic heterocycles. The van der Waals surface area contributed by atoms with Gasteiger partial charge in [0.2, 0.25) is 5.91 Å². The molecular weight excluding hydrogens is 238 g/mol. The molecule has 1 amide bonds. The lowest BCUT2D eigenvalue weighted by molar-refractivity contribution is -0.143. The zero-order valence-electron chi connectivity index (χ0n) is 11.4. The molecule has 2 bridgehead atoms. The summed E-state index contributed by atoms with van der Waals surface area (Å²) in [5, 5.41) is 11.4. The molecule has 0 aromatic rings. The number of carbonyl (C=O) groups is 1. The molecule has 2 saturated carbocycles. The minimum Gasteiger partial charge on any atom is -0.388 e. The summed E-state index contributed by atoms with van der Waals surface area (Å²) in [5.74, 6) is 1.50. The summed E-state index contributed by atoms with van der Waals surface area (Å²) < 4.78 is 0. The van der Waals surface area contributed by atoms with Crippen LogP contribution in [0.1, 0.15) is 32.6 Å². The summed E-state index contributed by atoms with van der Waals surface area (Å²) in [7, 11) is 0. The molecule has 1 aliphatic heterocycles. The van der Waals surface area contributed by atoms with E-state index in [1.807, 2.05) is 4.90 Å². The standard InChI is InChI=1S/C16H21NO2/c1-10(18)17-9-14-11-6-7-12(8-11)16(14,19)13-4-2-3-5-15(13)17/h2,4-5,11-14,19H,3,6-9H2,1H3. The Morgan fingerprint density at radius 2 is 2.32 bits per heavy atom. The number of allylic oxidation sites excluding steroid dienone is 2. The fourth-order valence-electron chi connectivity index (χ4n) is 5.17. The molecule has 1 heterocycles. The first kappa shape index (κ1) is 11.7. The number of piperidine rings is 1. The molecule has 1 saturated heterocycles. The molecule has 0 spiro atoms. The normalized spacial score (nSPS) is 46.8. The van der Waals surface area contributed by atoms with Crippen LogP contribution in [0.2, 0.25) is 0 Å². The molecule has 102 valence electrons. The summed E-state index contributed by atoms with van der Waals surface area (Å²) in [6, 6.07) is 0. The van der Waals surface area contributed by atoms with Gasteiger partial charge in [-0.2, -0.15) is 0 Å². The maximum atomic E-state index is 11.9. The van der Waals surface area contributed by atoms with Crippen molar-refractivity contribution in [2.24, 2.45) is 23.7 Å². The second-order valence-electron chi connectivity index (χ2n) is 6.66. The highest BCUT2D eigenvalue weighted by atomic mass is 16.3. The van der Waals surface area contributed by atoms with Gasteiger partial charge in [-0.25, -0.2) is 0 Å². The lowest BCUT2D eigenvalue weighted by Crippen LogP contribution is -2.60. The number of hydrogen-bond acceptors (Lipinski definition) is 2. The van der Waals surface area contributed by atoms with Crippen molar-refractivity contribution in [2.45, 2.75) is 38.2 Å². The highest BCUT2D eigenvalue weighted by molar-refractivity contribution is 5.76. The summed E-state index contributed by atoms with van der Waals surface area (Å²) in [6.07, 6.45) is 10.9. The van der Waals surface area contributed by atoms with E-state index in [2.05, 4.69) is 18.2 Å². The SMILES string of the molecule is CC(=O)N1CC2C3CCC(C3)C2(O)C2C=CCC=C21. The highest BCUT2D eigenvalue weighted by Gasteiger charge is 2.63. The molecule has 4 rings (SSSR count). The molecular formula is C16H21NO2. The Hall–Kier alpha value is -1.09. The van der Waals surface area contributed by atoms with Crippen LogP contribution >= 0.6 is 0 Å². The Morgan fingerprint density at radius 1 is 1.47 bits per heavy atom. The van der Waals surface area contributed by atoms with Crippen LogP contribution in [-0.2, 0) is 4.79 Å². The van der Waals surface area contributed by atoms with Crippen LogP contribution in [0, 0.1) is 23.7 Å². The molecule has 1 N–H and O–H groups in total. The zero-order chi connectivity index (χ0) is 13.2. The van der Waals surface area contributed by atoms with Crippen molar-refractivity contribution in [3.8, 4) is 0 Å². The van der Waals surface area contributed by atoms with Crippen molar-refractivity contribution in [3.63, 3.8) is 0 Å². The van der Waals surface area contributed by atoms with Crippen LogP contribution < -0.4 is 0 Å². The van der Waals surface area contributed by atoms with Crippen molar-refractivity contribution < 1.29 is 9.90 Å². The van der Waals surface area contributed by atoms with Gasteiger partial charge in [-0.05, 0) is 37.5 Å². The lowest BCUT2D eigenvalue weighted by atomic mass is 9.63. The summed E-state index contributed by atoms with van der Waals surface area (Å²) in [5.41, 5.74) is 0.471. The maximum absolute atomic E-state index is 11.9. The average molecular weight is 259 g/mol. The number of hydrogen-bond donors (Lipinski definition) is 1. The number of carbonyl (C=O) groups excluding carboxylic acids is 1. The Balaban J connectivity index is 1.80. The fraction of sp³-hybridized carbons (Fsp3) is 0.688. The monoisotopic (exact) mass is 259 g/mol. The summed E-state index contributed by atoms with van der Waals surface area (Å²) in [6.45, 7) is 2.37. The zero-order valence-corrected chi connectivity index (χ0v) is 11.4. The van der Waals surface area contributed by atoms with E-state index in [0.717, 1.165) is 31.5 Å². The molecule has 0 aromatic carbocycles. The highest BCUT2D eigenvalue weighted by Crippen LogP contribution is 2.61. The molecule has 3 fully saturated rings. The molecule has 19 heavy (non-hydrogen) atoms. The van der Waals surface area contributed by atoms with E-state index >= 15 is 0 Å². The summed E-state index contributed by atoms with van der Waals surface area (Å²) >= 11 is 0. The predicted octanol–water partition coefficient (Wildman–Crippen LogP) is 2.09. The third kappa shape index (κ3) is 1.34. The van der Waals surface area contributed by atoms with Gasteiger partial charge in [-0.3, -0.25) is 4.79 Å². The van der Waals surface area contributed by atoms with Crippen LogP contribution in [0.4, 0.5) is 0 Å². The number of aliphatic hydroxyl groups is 1. The van der Waals surface area contributed by atoms with E-state index < -0.39 is 5.60 Å². The number of likely N-dealkylation sites (tertiary alicyclic amines) is 1. The van der Waals surface area contributed by atoms with E-state index in [-0.39, 0.29) is 17.7 Å². The molecule has 3 aliphatic carbocycles.